The molecule has 0 amide bonds. The zero-order valence-electron chi connectivity index (χ0n) is 15.5. The third kappa shape index (κ3) is 7.34. The minimum absolute atomic E-state index is 0. The van der Waals surface area contributed by atoms with Gasteiger partial charge in [-0.1, -0.05) is 12.2 Å². The Morgan fingerprint density at radius 1 is 1.35 bits per heavy atom. The minimum atomic E-state index is -3.09. The number of piperidine rings is 1. The van der Waals surface area contributed by atoms with Crippen LogP contribution in [0.1, 0.15) is 26.2 Å². The summed E-state index contributed by atoms with van der Waals surface area (Å²) in [5, 5.41) is 2.89. The molecule has 26 heavy (non-hydrogen) atoms. The maximum absolute atomic E-state index is 11.9. The molecule has 10 heteroatoms. The molecule has 2 aliphatic heterocycles. The van der Waals surface area contributed by atoms with Gasteiger partial charge >= 0.3 is 0 Å². The van der Waals surface area contributed by atoms with Crippen molar-refractivity contribution in [2.45, 2.75) is 31.4 Å². The van der Waals surface area contributed by atoms with E-state index in [9.17, 15) is 16.8 Å². The van der Waals surface area contributed by atoms with E-state index in [1.54, 1.807) is 0 Å². The van der Waals surface area contributed by atoms with Crippen LogP contribution in [0.3, 0.4) is 0 Å². The molecule has 2 saturated heterocycles. The van der Waals surface area contributed by atoms with Gasteiger partial charge in [0.05, 0.1) is 23.3 Å². The van der Waals surface area contributed by atoms with Crippen molar-refractivity contribution in [2.75, 3.05) is 43.9 Å². The molecule has 0 aliphatic carbocycles. The molecular formula is C16H30IN3O4S2. The first-order valence-electron chi connectivity index (χ1n) is 8.64. The van der Waals surface area contributed by atoms with Crippen molar-refractivity contribution in [2.24, 2.45) is 10.9 Å². The Balaban J connectivity index is 0.00000338. The lowest BCUT2D eigenvalue weighted by Crippen LogP contribution is -2.50. The molecular weight excluding hydrogens is 489 g/mol. The van der Waals surface area contributed by atoms with Gasteiger partial charge in [0.25, 0.3) is 0 Å². The summed E-state index contributed by atoms with van der Waals surface area (Å²) in [6.45, 7) is 7.91. The average Bonchev–Trinajstić information content (AvgIpc) is 2.85. The Morgan fingerprint density at radius 2 is 2.04 bits per heavy atom. The normalized spacial score (nSPS) is 26.2. The third-order valence-electron chi connectivity index (χ3n) is 4.66. The predicted molar refractivity (Wildman–Crippen MR) is 117 cm³/mol. The minimum Gasteiger partial charge on any atom is -0.356 e. The zero-order chi connectivity index (χ0) is 18.7. The zero-order valence-corrected chi connectivity index (χ0v) is 19.4. The second-order valence-electron chi connectivity index (χ2n) is 7.29. The van der Waals surface area contributed by atoms with E-state index in [4.69, 9.17) is 0 Å². The lowest BCUT2D eigenvalue weighted by Gasteiger charge is -2.34. The molecule has 2 unspecified atom stereocenters. The lowest BCUT2D eigenvalue weighted by atomic mass is 10.1. The number of aliphatic imine (C=N–C) groups is 1. The quantitative estimate of drug-likeness (QED) is 0.253. The van der Waals surface area contributed by atoms with Gasteiger partial charge in [-0.2, -0.15) is 0 Å². The van der Waals surface area contributed by atoms with E-state index in [-0.39, 0.29) is 46.7 Å². The van der Waals surface area contributed by atoms with Crippen LogP contribution in [0.25, 0.3) is 0 Å². The number of likely N-dealkylation sites (tertiary alicyclic amines) is 1. The van der Waals surface area contributed by atoms with Gasteiger partial charge in [0, 0.05) is 25.9 Å². The Bertz CT molecular complexity index is 735. The molecule has 2 aliphatic rings. The highest BCUT2D eigenvalue weighted by Gasteiger charge is 2.31. The topological polar surface area (TPSA) is 95.9 Å². The van der Waals surface area contributed by atoms with Gasteiger partial charge in [-0.05, 0) is 32.1 Å². The van der Waals surface area contributed by atoms with Gasteiger partial charge in [-0.25, -0.2) is 21.8 Å². The first-order chi connectivity index (χ1) is 11.6. The summed E-state index contributed by atoms with van der Waals surface area (Å²) in [6.07, 6.45) is 3.41. The Morgan fingerprint density at radius 3 is 2.58 bits per heavy atom. The van der Waals surface area contributed by atoms with E-state index in [1.807, 2.05) is 11.8 Å². The van der Waals surface area contributed by atoms with Crippen LogP contribution in [0, 0.1) is 5.92 Å². The Hall–Kier alpha value is -0.360. The fourth-order valence-corrected chi connectivity index (χ4v) is 6.13. The average molecular weight is 519 g/mol. The Kier molecular flexibility index (Phi) is 8.85. The summed E-state index contributed by atoms with van der Waals surface area (Å²) in [6, 6.07) is 0. The molecule has 2 rings (SSSR count). The molecule has 152 valence electrons. The van der Waals surface area contributed by atoms with Crippen LogP contribution in [-0.2, 0) is 19.7 Å². The van der Waals surface area contributed by atoms with Crippen LogP contribution >= 0.6 is 24.0 Å². The molecule has 0 spiro atoms. The molecule has 2 atom stereocenters. The summed E-state index contributed by atoms with van der Waals surface area (Å²) in [5.41, 5.74) is 0.916. The van der Waals surface area contributed by atoms with Gasteiger partial charge in [0.15, 0.2) is 25.6 Å². The number of halogens is 1. The van der Waals surface area contributed by atoms with Crippen molar-refractivity contribution in [1.29, 1.82) is 0 Å². The van der Waals surface area contributed by atoms with Crippen LogP contribution in [0.5, 0.6) is 0 Å². The molecule has 0 saturated carbocycles. The number of hydrogen-bond donors (Lipinski definition) is 1. The largest absolute Gasteiger partial charge is 0.356 e. The fourth-order valence-electron chi connectivity index (χ4n) is 3.23. The van der Waals surface area contributed by atoms with Crippen LogP contribution in [0.2, 0.25) is 0 Å². The lowest BCUT2D eigenvalue weighted by molar-refractivity contribution is 0.329. The van der Waals surface area contributed by atoms with Gasteiger partial charge in [-0.3, -0.25) is 0 Å². The third-order valence-corrected chi connectivity index (χ3v) is 8.09. The van der Waals surface area contributed by atoms with Crippen molar-refractivity contribution in [3.05, 3.63) is 12.2 Å². The second-order valence-corrected chi connectivity index (χ2v) is 11.8. The van der Waals surface area contributed by atoms with Crippen molar-refractivity contribution in [1.82, 2.24) is 10.2 Å². The van der Waals surface area contributed by atoms with Gasteiger partial charge in [-0.15, -0.1) is 24.0 Å². The van der Waals surface area contributed by atoms with Gasteiger partial charge in [0.1, 0.15) is 0 Å². The van der Waals surface area contributed by atoms with Crippen molar-refractivity contribution < 1.29 is 16.8 Å². The second kappa shape index (κ2) is 9.72. The molecule has 0 radical (unpaired) electrons. The smallest absolute Gasteiger partial charge is 0.194 e. The summed E-state index contributed by atoms with van der Waals surface area (Å²) >= 11 is 0. The molecule has 2 fully saturated rings. The fraction of sp³-hybridized carbons (Fsp3) is 0.812. The molecule has 0 bridgehead atoms. The van der Waals surface area contributed by atoms with Crippen LogP contribution in [-0.4, -0.2) is 76.9 Å². The molecule has 2 heterocycles. The molecule has 0 aromatic rings. The SMILES string of the molecule is C=C(C)CN=C(NCC1CCS(=O)(=O)C1)N1CCCC(S(C)(=O)=O)C1.I. The van der Waals surface area contributed by atoms with E-state index in [0.717, 1.165) is 18.5 Å². The number of guanidine groups is 1. The van der Waals surface area contributed by atoms with E-state index in [1.165, 1.54) is 6.26 Å². The van der Waals surface area contributed by atoms with Crippen molar-refractivity contribution in [3.8, 4) is 0 Å². The highest BCUT2D eigenvalue weighted by molar-refractivity contribution is 14.0. The van der Waals surface area contributed by atoms with E-state index in [2.05, 4.69) is 16.9 Å². The van der Waals surface area contributed by atoms with Crippen LogP contribution < -0.4 is 5.32 Å². The number of hydrogen-bond acceptors (Lipinski definition) is 5. The number of nitrogens with one attached hydrogen (secondary N) is 1. The predicted octanol–water partition coefficient (Wildman–Crippen LogP) is 1.07. The molecule has 7 nitrogen and oxygen atoms in total. The molecule has 0 aromatic carbocycles. The first kappa shape index (κ1) is 23.7. The monoisotopic (exact) mass is 519 g/mol. The van der Waals surface area contributed by atoms with Crippen LogP contribution in [0.4, 0.5) is 0 Å². The highest BCUT2D eigenvalue weighted by Crippen LogP contribution is 2.19. The van der Waals surface area contributed by atoms with Crippen molar-refractivity contribution >= 4 is 49.6 Å². The van der Waals surface area contributed by atoms with E-state index >= 15 is 0 Å². The summed E-state index contributed by atoms with van der Waals surface area (Å²) in [4.78, 5) is 6.52. The highest BCUT2D eigenvalue weighted by atomic mass is 127. The number of rotatable bonds is 5. The standard InChI is InChI=1S/C16H29N3O4S2.HI/c1-13(2)9-17-16(18-10-14-6-8-25(22,23)12-14)19-7-4-5-15(11-19)24(3,20)21;/h14-15H,1,4-12H2,2-3H3,(H,17,18);1H. The van der Waals surface area contributed by atoms with Crippen molar-refractivity contribution in [3.63, 3.8) is 0 Å². The first-order valence-corrected chi connectivity index (χ1v) is 12.4. The Labute approximate surface area is 174 Å². The molecule has 1 N–H and O–H groups in total. The van der Waals surface area contributed by atoms with E-state index < -0.39 is 19.7 Å². The summed E-state index contributed by atoms with van der Waals surface area (Å²) in [5.74, 6) is 1.19. The molecule has 0 aromatic heterocycles. The van der Waals surface area contributed by atoms with E-state index in [0.29, 0.717) is 38.4 Å². The number of nitrogens with zero attached hydrogens (tertiary/aromatic N) is 2. The van der Waals surface area contributed by atoms with Crippen LogP contribution in [0.15, 0.2) is 17.1 Å². The van der Waals surface area contributed by atoms with Gasteiger partial charge in [0.2, 0.25) is 0 Å². The maximum Gasteiger partial charge on any atom is 0.194 e. The number of sulfone groups is 2. The summed E-state index contributed by atoms with van der Waals surface area (Å²) in [7, 11) is -6.00. The van der Waals surface area contributed by atoms with Gasteiger partial charge < -0.3 is 10.2 Å². The summed E-state index contributed by atoms with van der Waals surface area (Å²) < 4.78 is 47.0. The maximum atomic E-state index is 11.9.